The van der Waals surface area contributed by atoms with E-state index in [0.717, 1.165) is 11.6 Å². The number of hydrogen-bond donors (Lipinski definition) is 0. The molecule has 0 radical (unpaired) electrons. The van der Waals surface area contributed by atoms with E-state index in [1.54, 1.807) is 12.1 Å². The predicted molar refractivity (Wildman–Crippen MR) is 75.9 cm³/mol. The van der Waals surface area contributed by atoms with Crippen molar-refractivity contribution in [2.45, 2.75) is 13.3 Å². The van der Waals surface area contributed by atoms with Crippen molar-refractivity contribution in [1.82, 2.24) is 0 Å². The second-order valence-corrected chi connectivity index (χ2v) is 4.93. The van der Waals surface area contributed by atoms with Gasteiger partial charge in [-0.25, -0.2) is 4.39 Å². The van der Waals surface area contributed by atoms with Gasteiger partial charge in [0.15, 0.2) is 11.6 Å². The summed E-state index contributed by atoms with van der Waals surface area (Å²) >= 11 is 5.62. The average molecular weight is 291 g/mol. The second kappa shape index (κ2) is 5.97. The minimum absolute atomic E-state index is 0.126. The highest BCUT2D eigenvalue weighted by Crippen LogP contribution is 2.18. The molecule has 4 heteroatoms. The number of carbonyl (C=O) groups excluding carboxylic acids is 2. The Kier molecular flexibility index (Phi) is 4.30. The van der Waals surface area contributed by atoms with Gasteiger partial charge in [-0.15, -0.1) is 0 Å². The molecule has 2 rings (SSSR count). The number of benzene rings is 2. The Morgan fingerprint density at radius 1 is 1.00 bits per heavy atom. The number of ketones is 2. The highest BCUT2D eigenvalue weighted by atomic mass is 35.5. The standard InChI is InChI=1S/C16H12ClFO2/c1-10-2-4-11(5-3-10)15(19)9-16(20)12-6-7-14(18)13(17)8-12/h2-8H,9H2,1H3. The molecule has 102 valence electrons. The summed E-state index contributed by atoms with van der Waals surface area (Å²) in [6.45, 7) is 1.92. The van der Waals surface area contributed by atoms with Gasteiger partial charge >= 0.3 is 0 Å². The Morgan fingerprint density at radius 3 is 2.15 bits per heavy atom. The minimum atomic E-state index is -0.590. The zero-order valence-corrected chi connectivity index (χ0v) is 11.6. The molecule has 0 heterocycles. The van der Waals surface area contributed by atoms with Gasteiger partial charge in [-0.3, -0.25) is 9.59 Å². The van der Waals surface area contributed by atoms with Crippen LogP contribution in [0.2, 0.25) is 5.02 Å². The maximum Gasteiger partial charge on any atom is 0.170 e. The van der Waals surface area contributed by atoms with Gasteiger partial charge in [-0.2, -0.15) is 0 Å². The summed E-state index contributed by atoms with van der Waals surface area (Å²) in [4.78, 5) is 23.9. The molecule has 0 saturated carbocycles. The van der Waals surface area contributed by atoms with E-state index >= 15 is 0 Å². The van der Waals surface area contributed by atoms with Gasteiger partial charge in [0.1, 0.15) is 5.82 Å². The molecule has 0 aliphatic heterocycles. The molecule has 0 amide bonds. The van der Waals surface area contributed by atoms with Crippen molar-refractivity contribution in [3.05, 3.63) is 70.0 Å². The summed E-state index contributed by atoms with van der Waals surface area (Å²) < 4.78 is 13.0. The smallest absolute Gasteiger partial charge is 0.170 e. The maximum atomic E-state index is 13.0. The van der Waals surface area contributed by atoms with Gasteiger partial charge in [0.25, 0.3) is 0 Å². The largest absolute Gasteiger partial charge is 0.294 e. The van der Waals surface area contributed by atoms with Crippen molar-refractivity contribution in [2.24, 2.45) is 0 Å². The van der Waals surface area contributed by atoms with Crippen LogP contribution in [0.4, 0.5) is 4.39 Å². The Balaban J connectivity index is 2.13. The Morgan fingerprint density at radius 2 is 1.55 bits per heavy atom. The molecule has 0 unspecified atom stereocenters. The van der Waals surface area contributed by atoms with Crippen LogP contribution in [-0.2, 0) is 0 Å². The Bertz CT molecular complexity index is 663. The van der Waals surface area contributed by atoms with Gasteiger partial charge < -0.3 is 0 Å². The van der Waals surface area contributed by atoms with E-state index in [0.29, 0.717) is 5.56 Å². The van der Waals surface area contributed by atoms with Gasteiger partial charge in [-0.1, -0.05) is 41.4 Å². The molecule has 20 heavy (non-hydrogen) atoms. The SMILES string of the molecule is Cc1ccc(C(=O)CC(=O)c2ccc(F)c(Cl)c2)cc1. The molecule has 0 saturated heterocycles. The third-order valence-electron chi connectivity index (χ3n) is 2.94. The van der Waals surface area contributed by atoms with Crippen LogP contribution < -0.4 is 0 Å². The number of halogens is 2. The highest BCUT2D eigenvalue weighted by molar-refractivity contribution is 6.31. The first-order chi connectivity index (χ1) is 9.47. The van der Waals surface area contributed by atoms with Crippen molar-refractivity contribution in [1.29, 1.82) is 0 Å². The number of Topliss-reactive ketones (excluding diaryl/α,β-unsaturated/α-hetero) is 2. The number of aryl methyl sites for hydroxylation is 1. The van der Waals surface area contributed by atoms with E-state index in [-0.39, 0.29) is 28.6 Å². The summed E-state index contributed by atoms with van der Waals surface area (Å²) in [5, 5.41) is -0.126. The number of carbonyl (C=O) groups is 2. The predicted octanol–water partition coefficient (Wildman–Crippen LogP) is 4.24. The number of rotatable bonds is 4. The molecule has 0 spiro atoms. The van der Waals surface area contributed by atoms with Crippen LogP contribution in [0.25, 0.3) is 0 Å². The van der Waals surface area contributed by atoms with Crippen molar-refractivity contribution in [3.63, 3.8) is 0 Å². The molecule has 0 aliphatic rings. The highest BCUT2D eigenvalue weighted by Gasteiger charge is 2.14. The third kappa shape index (κ3) is 3.31. The van der Waals surface area contributed by atoms with E-state index in [9.17, 15) is 14.0 Å². The zero-order valence-electron chi connectivity index (χ0n) is 10.8. The quantitative estimate of drug-likeness (QED) is 0.623. The van der Waals surface area contributed by atoms with Crippen molar-refractivity contribution < 1.29 is 14.0 Å². The van der Waals surface area contributed by atoms with Crippen LogP contribution in [0.5, 0.6) is 0 Å². The first-order valence-corrected chi connectivity index (χ1v) is 6.43. The molecule has 2 aromatic carbocycles. The van der Waals surface area contributed by atoms with Crippen molar-refractivity contribution in [3.8, 4) is 0 Å². The summed E-state index contributed by atoms with van der Waals surface area (Å²) in [5.74, 6) is -1.24. The fourth-order valence-corrected chi connectivity index (χ4v) is 1.94. The van der Waals surface area contributed by atoms with Gasteiger partial charge in [0, 0.05) is 11.1 Å². The van der Waals surface area contributed by atoms with Crippen LogP contribution in [0.1, 0.15) is 32.7 Å². The van der Waals surface area contributed by atoms with E-state index < -0.39 is 5.82 Å². The molecular weight excluding hydrogens is 279 g/mol. The summed E-state index contributed by atoms with van der Waals surface area (Å²) in [5.41, 5.74) is 1.76. The Labute approximate surface area is 121 Å². The van der Waals surface area contributed by atoms with Gasteiger partial charge in [-0.05, 0) is 25.1 Å². The van der Waals surface area contributed by atoms with Crippen molar-refractivity contribution in [2.75, 3.05) is 0 Å². The monoisotopic (exact) mass is 290 g/mol. The van der Waals surface area contributed by atoms with E-state index in [1.807, 2.05) is 19.1 Å². The normalized spacial score (nSPS) is 10.3. The first kappa shape index (κ1) is 14.4. The molecule has 0 atom stereocenters. The lowest BCUT2D eigenvalue weighted by Crippen LogP contribution is -2.08. The molecule has 0 fully saturated rings. The fraction of sp³-hybridized carbons (Fsp3) is 0.125. The molecule has 2 aromatic rings. The lowest BCUT2D eigenvalue weighted by Gasteiger charge is -2.03. The van der Waals surface area contributed by atoms with E-state index in [1.165, 1.54) is 12.1 Å². The van der Waals surface area contributed by atoms with Crippen LogP contribution >= 0.6 is 11.6 Å². The van der Waals surface area contributed by atoms with Crippen LogP contribution in [0.15, 0.2) is 42.5 Å². The fourth-order valence-electron chi connectivity index (χ4n) is 1.76. The maximum absolute atomic E-state index is 13.0. The first-order valence-electron chi connectivity index (χ1n) is 6.05. The average Bonchev–Trinajstić information content (AvgIpc) is 2.42. The summed E-state index contributed by atoms with van der Waals surface area (Å²) in [6, 6.07) is 10.7. The molecule has 0 N–H and O–H groups in total. The zero-order chi connectivity index (χ0) is 14.7. The van der Waals surface area contributed by atoms with Crippen molar-refractivity contribution >= 4 is 23.2 Å². The Hall–Kier alpha value is -2.00. The second-order valence-electron chi connectivity index (χ2n) is 4.52. The third-order valence-corrected chi connectivity index (χ3v) is 3.23. The molecular formula is C16H12ClFO2. The summed E-state index contributed by atoms with van der Waals surface area (Å²) in [7, 11) is 0. The number of hydrogen-bond acceptors (Lipinski definition) is 2. The minimum Gasteiger partial charge on any atom is -0.294 e. The van der Waals surface area contributed by atoms with E-state index in [2.05, 4.69) is 0 Å². The lowest BCUT2D eigenvalue weighted by atomic mass is 10.0. The van der Waals surface area contributed by atoms with Crippen LogP contribution in [-0.4, -0.2) is 11.6 Å². The van der Waals surface area contributed by atoms with Crippen LogP contribution in [0, 0.1) is 12.7 Å². The van der Waals surface area contributed by atoms with Gasteiger partial charge in [0.2, 0.25) is 0 Å². The molecule has 2 nitrogen and oxygen atoms in total. The van der Waals surface area contributed by atoms with Gasteiger partial charge in [0.05, 0.1) is 11.4 Å². The molecule has 0 aliphatic carbocycles. The molecule has 0 bridgehead atoms. The van der Waals surface area contributed by atoms with Crippen LogP contribution in [0.3, 0.4) is 0 Å². The van der Waals surface area contributed by atoms with E-state index in [4.69, 9.17) is 11.6 Å². The topological polar surface area (TPSA) is 34.1 Å². The summed E-state index contributed by atoms with van der Waals surface area (Å²) in [6.07, 6.45) is -0.259. The molecule has 0 aromatic heterocycles. The lowest BCUT2D eigenvalue weighted by molar-refractivity contribution is 0.0894.